The van der Waals surface area contributed by atoms with Gasteiger partial charge in [-0.25, -0.2) is 9.59 Å². The van der Waals surface area contributed by atoms with Gasteiger partial charge in [0, 0.05) is 39.1 Å². The lowest BCUT2D eigenvalue weighted by Crippen LogP contribution is -2.53. The predicted octanol–water partition coefficient (Wildman–Crippen LogP) is 3.33. The number of rotatable bonds is 4. The summed E-state index contributed by atoms with van der Waals surface area (Å²) in [6.07, 6.45) is -0.326. The number of nitrogens with one attached hydrogen (secondary N) is 1. The zero-order chi connectivity index (χ0) is 26.2. The van der Waals surface area contributed by atoms with Gasteiger partial charge in [0.15, 0.2) is 0 Å². The van der Waals surface area contributed by atoms with E-state index < -0.39 is 18.6 Å². The standard InChI is InChI=1S/C25H37F3N4O5/c26-25(27,28)37-19-4-1-16(2-5-19)3-6-22(33)30-10-7-17-13-32(14-18(17)8-11-30)24(35)31-12-9-20-21(15-31)36-23(34)29-20/h16-21H,1-15H2,(H,29,34). The Morgan fingerprint density at radius 2 is 1.54 bits per heavy atom. The highest BCUT2D eigenvalue weighted by atomic mass is 19.4. The Labute approximate surface area is 215 Å². The molecule has 1 saturated carbocycles. The van der Waals surface area contributed by atoms with Crippen molar-refractivity contribution in [2.45, 2.75) is 82.4 Å². The summed E-state index contributed by atoms with van der Waals surface area (Å²) in [5, 5.41) is 2.79. The van der Waals surface area contributed by atoms with Gasteiger partial charge in [-0.3, -0.25) is 9.53 Å². The number of ether oxygens (including phenoxy) is 2. The summed E-state index contributed by atoms with van der Waals surface area (Å²) in [5.74, 6) is 1.14. The van der Waals surface area contributed by atoms with Crippen molar-refractivity contribution in [1.82, 2.24) is 20.0 Å². The second kappa shape index (κ2) is 10.9. The van der Waals surface area contributed by atoms with Crippen LogP contribution in [0.4, 0.5) is 22.8 Å². The van der Waals surface area contributed by atoms with Gasteiger partial charge >= 0.3 is 18.5 Å². The van der Waals surface area contributed by atoms with E-state index in [-0.39, 0.29) is 30.0 Å². The molecule has 9 nitrogen and oxygen atoms in total. The number of hydrogen-bond acceptors (Lipinski definition) is 5. The maximum atomic E-state index is 13.2. The van der Waals surface area contributed by atoms with Crippen LogP contribution in [0, 0.1) is 17.8 Å². The van der Waals surface area contributed by atoms with Crippen molar-refractivity contribution >= 4 is 18.0 Å². The molecular formula is C25H37F3N4O5. The average molecular weight is 531 g/mol. The first-order valence-corrected chi connectivity index (χ1v) is 13.7. The molecule has 4 heterocycles. The van der Waals surface area contributed by atoms with Crippen LogP contribution < -0.4 is 5.32 Å². The molecule has 37 heavy (non-hydrogen) atoms. The number of likely N-dealkylation sites (tertiary alicyclic amines) is 3. The lowest BCUT2D eigenvalue weighted by molar-refractivity contribution is -0.345. The van der Waals surface area contributed by atoms with Crippen LogP contribution in [0.3, 0.4) is 0 Å². The molecule has 5 rings (SSSR count). The highest BCUT2D eigenvalue weighted by Gasteiger charge is 2.43. The van der Waals surface area contributed by atoms with Gasteiger partial charge in [-0.05, 0) is 69.1 Å². The minimum atomic E-state index is -4.58. The van der Waals surface area contributed by atoms with E-state index in [1.165, 1.54) is 0 Å². The topological polar surface area (TPSA) is 91.4 Å². The van der Waals surface area contributed by atoms with Gasteiger partial charge < -0.3 is 24.8 Å². The number of amides is 4. The SMILES string of the molecule is O=C1NC2CCN(C(=O)N3CC4CCN(C(=O)CCC5CCC(OC(F)(F)F)CC5)CCC4C3)CC2O1. The summed E-state index contributed by atoms with van der Waals surface area (Å²) in [7, 11) is 0. The van der Waals surface area contributed by atoms with E-state index in [4.69, 9.17) is 4.74 Å². The van der Waals surface area contributed by atoms with Gasteiger partial charge in [0.1, 0.15) is 6.10 Å². The predicted molar refractivity (Wildman–Crippen MR) is 125 cm³/mol. The van der Waals surface area contributed by atoms with E-state index in [1.54, 1.807) is 4.90 Å². The molecule has 1 aliphatic carbocycles. The number of alkyl halides is 3. The molecule has 0 aromatic heterocycles. The molecule has 0 aromatic rings. The van der Waals surface area contributed by atoms with Crippen molar-refractivity contribution in [1.29, 1.82) is 0 Å². The lowest BCUT2D eigenvalue weighted by atomic mass is 9.84. The second-order valence-electron chi connectivity index (χ2n) is 11.3. The van der Waals surface area contributed by atoms with Crippen LogP contribution >= 0.6 is 0 Å². The van der Waals surface area contributed by atoms with Crippen LogP contribution in [0.5, 0.6) is 0 Å². The number of carbonyl (C=O) groups is 3. The fraction of sp³-hybridized carbons (Fsp3) is 0.880. The molecule has 12 heteroatoms. The Hall–Kier alpha value is -2.24. The molecule has 4 aliphatic heterocycles. The quantitative estimate of drug-likeness (QED) is 0.602. The van der Waals surface area contributed by atoms with Crippen molar-refractivity contribution in [3.8, 4) is 0 Å². The average Bonchev–Trinajstić information content (AvgIpc) is 3.37. The van der Waals surface area contributed by atoms with E-state index in [9.17, 15) is 27.6 Å². The minimum absolute atomic E-state index is 0.0110. The molecule has 0 aromatic carbocycles. The molecule has 4 unspecified atom stereocenters. The Morgan fingerprint density at radius 3 is 2.19 bits per heavy atom. The van der Waals surface area contributed by atoms with Gasteiger partial charge in [-0.1, -0.05) is 0 Å². The monoisotopic (exact) mass is 530 g/mol. The van der Waals surface area contributed by atoms with Crippen LogP contribution in [0.1, 0.15) is 57.8 Å². The van der Waals surface area contributed by atoms with Crippen molar-refractivity contribution in [2.75, 3.05) is 39.3 Å². The Balaban J connectivity index is 1.02. The molecule has 1 N–H and O–H groups in total. The zero-order valence-corrected chi connectivity index (χ0v) is 21.1. The zero-order valence-electron chi connectivity index (χ0n) is 21.1. The molecule has 0 spiro atoms. The maximum absolute atomic E-state index is 13.2. The van der Waals surface area contributed by atoms with E-state index in [1.807, 2.05) is 9.80 Å². The fourth-order valence-corrected chi connectivity index (χ4v) is 6.86. The Bertz CT molecular complexity index is 850. The van der Waals surface area contributed by atoms with E-state index in [0.717, 1.165) is 12.8 Å². The first-order valence-electron chi connectivity index (χ1n) is 13.7. The fourth-order valence-electron chi connectivity index (χ4n) is 6.86. The molecule has 4 saturated heterocycles. The number of hydrogen-bond donors (Lipinski definition) is 1. The van der Waals surface area contributed by atoms with Gasteiger partial charge in [-0.15, -0.1) is 13.2 Å². The number of carbonyl (C=O) groups excluding carboxylic acids is 3. The molecule has 5 fully saturated rings. The third kappa shape index (κ3) is 6.43. The molecule has 4 amide bonds. The third-order valence-corrected chi connectivity index (χ3v) is 8.99. The first-order chi connectivity index (χ1) is 17.6. The number of halogens is 3. The summed E-state index contributed by atoms with van der Waals surface area (Å²) in [4.78, 5) is 43.2. The van der Waals surface area contributed by atoms with Crippen molar-refractivity contribution in [3.63, 3.8) is 0 Å². The van der Waals surface area contributed by atoms with Crippen LogP contribution in [-0.2, 0) is 14.3 Å². The van der Waals surface area contributed by atoms with Gasteiger partial charge in [-0.2, -0.15) is 0 Å². The van der Waals surface area contributed by atoms with Crippen LogP contribution in [-0.4, -0.2) is 96.6 Å². The van der Waals surface area contributed by atoms with Crippen molar-refractivity contribution < 1.29 is 37.0 Å². The normalized spacial score (nSPS) is 34.4. The highest BCUT2D eigenvalue weighted by molar-refractivity contribution is 5.77. The largest absolute Gasteiger partial charge is 0.522 e. The molecule has 0 radical (unpaired) electrons. The number of urea groups is 1. The minimum Gasteiger partial charge on any atom is -0.442 e. The van der Waals surface area contributed by atoms with Crippen molar-refractivity contribution in [2.24, 2.45) is 17.8 Å². The van der Waals surface area contributed by atoms with Gasteiger partial charge in [0.25, 0.3) is 0 Å². The molecular weight excluding hydrogens is 493 g/mol. The smallest absolute Gasteiger partial charge is 0.442 e. The molecule has 4 atom stereocenters. The lowest BCUT2D eigenvalue weighted by Gasteiger charge is -2.35. The van der Waals surface area contributed by atoms with E-state index in [2.05, 4.69) is 10.1 Å². The van der Waals surface area contributed by atoms with Crippen LogP contribution in [0.15, 0.2) is 0 Å². The molecule has 5 aliphatic rings. The van der Waals surface area contributed by atoms with Crippen molar-refractivity contribution in [3.05, 3.63) is 0 Å². The van der Waals surface area contributed by atoms with Gasteiger partial charge in [0.2, 0.25) is 5.91 Å². The van der Waals surface area contributed by atoms with Gasteiger partial charge in [0.05, 0.1) is 18.7 Å². The van der Waals surface area contributed by atoms with Crippen LogP contribution in [0.25, 0.3) is 0 Å². The highest BCUT2D eigenvalue weighted by Crippen LogP contribution is 2.35. The summed E-state index contributed by atoms with van der Waals surface area (Å²) in [6, 6.07) is 0.000864. The summed E-state index contributed by atoms with van der Waals surface area (Å²) < 4.78 is 46.7. The molecule has 208 valence electrons. The maximum Gasteiger partial charge on any atom is 0.522 e. The third-order valence-electron chi connectivity index (χ3n) is 8.99. The Kier molecular flexibility index (Phi) is 7.74. The first kappa shape index (κ1) is 26.4. The number of fused-ring (bicyclic) bond motifs is 2. The molecule has 0 bridgehead atoms. The summed E-state index contributed by atoms with van der Waals surface area (Å²) >= 11 is 0. The van der Waals surface area contributed by atoms with E-state index >= 15 is 0 Å². The van der Waals surface area contributed by atoms with Crippen LogP contribution in [0.2, 0.25) is 0 Å². The van der Waals surface area contributed by atoms with E-state index in [0.29, 0.717) is 96.1 Å². The summed E-state index contributed by atoms with van der Waals surface area (Å²) in [6.45, 7) is 3.78. The number of piperidine rings is 1. The Morgan fingerprint density at radius 1 is 0.892 bits per heavy atom. The number of nitrogens with zero attached hydrogens (tertiary/aromatic N) is 3. The second-order valence-corrected chi connectivity index (χ2v) is 11.3. The summed E-state index contributed by atoms with van der Waals surface area (Å²) in [5.41, 5.74) is 0. The number of alkyl carbamates (subject to hydrolysis) is 1.